The third-order valence-electron chi connectivity index (χ3n) is 3.45. The Labute approximate surface area is 115 Å². The van der Waals surface area contributed by atoms with Gasteiger partial charge < -0.3 is 5.11 Å². The van der Waals surface area contributed by atoms with Crippen molar-refractivity contribution in [3.8, 4) is 0 Å². The van der Waals surface area contributed by atoms with Crippen LogP contribution in [0, 0.1) is 6.92 Å². The Morgan fingerprint density at radius 3 is 2.94 bits per heavy atom. The van der Waals surface area contributed by atoms with E-state index in [1.165, 1.54) is 0 Å². The molecule has 18 heavy (non-hydrogen) atoms. The van der Waals surface area contributed by atoms with Gasteiger partial charge in [-0.3, -0.25) is 14.4 Å². The van der Waals surface area contributed by atoms with Gasteiger partial charge in [0, 0.05) is 13.1 Å². The SMILES string of the molecule is CCn1nc(C)c(Br)c1CN1CCCC1C(=O)O. The molecule has 6 heteroatoms. The van der Waals surface area contributed by atoms with Gasteiger partial charge in [0.1, 0.15) is 6.04 Å². The monoisotopic (exact) mass is 315 g/mol. The zero-order valence-corrected chi connectivity index (χ0v) is 12.3. The lowest BCUT2D eigenvalue weighted by Gasteiger charge is -2.21. The lowest BCUT2D eigenvalue weighted by atomic mass is 10.2. The Hall–Kier alpha value is -0.880. The second-order valence-electron chi connectivity index (χ2n) is 4.63. The van der Waals surface area contributed by atoms with Crippen LogP contribution in [0.25, 0.3) is 0 Å². The quantitative estimate of drug-likeness (QED) is 0.923. The van der Waals surface area contributed by atoms with E-state index in [9.17, 15) is 9.90 Å². The maximum Gasteiger partial charge on any atom is 0.320 e. The lowest BCUT2D eigenvalue weighted by molar-refractivity contribution is -0.142. The molecule has 1 aromatic heterocycles. The highest BCUT2D eigenvalue weighted by Gasteiger charge is 2.31. The van der Waals surface area contributed by atoms with Gasteiger partial charge in [0.2, 0.25) is 0 Å². The Morgan fingerprint density at radius 1 is 1.61 bits per heavy atom. The van der Waals surface area contributed by atoms with E-state index in [-0.39, 0.29) is 6.04 Å². The summed E-state index contributed by atoms with van der Waals surface area (Å²) < 4.78 is 2.94. The van der Waals surface area contributed by atoms with Crippen LogP contribution in [0.2, 0.25) is 0 Å². The second kappa shape index (κ2) is 5.40. The fourth-order valence-corrected chi connectivity index (χ4v) is 2.92. The van der Waals surface area contributed by atoms with Gasteiger partial charge in [-0.1, -0.05) is 0 Å². The summed E-state index contributed by atoms with van der Waals surface area (Å²) >= 11 is 3.55. The van der Waals surface area contributed by atoms with Gasteiger partial charge >= 0.3 is 5.97 Å². The highest BCUT2D eigenvalue weighted by Crippen LogP contribution is 2.26. The van der Waals surface area contributed by atoms with E-state index in [0.717, 1.165) is 41.8 Å². The molecule has 0 aromatic carbocycles. The zero-order valence-electron chi connectivity index (χ0n) is 10.7. The fourth-order valence-electron chi connectivity index (χ4n) is 2.51. The van der Waals surface area contributed by atoms with Crippen molar-refractivity contribution >= 4 is 21.9 Å². The number of carboxylic acids is 1. The van der Waals surface area contributed by atoms with Crippen LogP contribution < -0.4 is 0 Å². The van der Waals surface area contributed by atoms with Crippen molar-refractivity contribution in [1.29, 1.82) is 0 Å². The molecule has 1 unspecified atom stereocenters. The smallest absolute Gasteiger partial charge is 0.320 e. The van der Waals surface area contributed by atoms with Crippen LogP contribution in [0.4, 0.5) is 0 Å². The van der Waals surface area contributed by atoms with Crippen LogP contribution in [0.15, 0.2) is 4.47 Å². The molecule has 0 spiro atoms. The van der Waals surface area contributed by atoms with Gasteiger partial charge in [-0.25, -0.2) is 0 Å². The van der Waals surface area contributed by atoms with Crippen molar-refractivity contribution in [2.45, 2.75) is 45.8 Å². The predicted octanol–water partition coefficient (Wildman–Crippen LogP) is 2.02. The molecule has 1 saturated heterocycles. The second-order valence-corrected chi connectivity index (χ2v) is 5.42. The molecule has 100 valence electrons. The molecular weight excluding hydrogens is 298 g/mol. The largest absolute Gasteiger partial charge is 0.480 e. The van der Waals surface area contributed by atoms with Crippen molar-refractivity contribution in [3.63, 3.8) is 0 Å². The van der Waals surface area contributed by atoms with Crippen LogP contribution in [0.3, 0.4) is 0 Å². The minimum atomic E-state index is -0.720. The zero-order chi connectivity index (χ0) is 13.3. The van der Waals surface area contributed by atoms with E-state index < -0.39 is 5.97 Å². The third kappa shape index (κ3) is 2.44. The molecule has 2 rings (SSSR count). The Bertz CT molecular complexity index is 458. The first-order valence-electron chi connectivity index (χ1n) is 6.23. The Kier molecular flexibility index (Phi) is 4.07. The summed E-state index contributed by atoms with van der Waals surface area (Å²) in [4.78, 5) is 13.2. The summed E-state index contributed by atoms with van der Waals surface area (Å²) in [6, 6.07) is -0.350. The lowest BCUT2D eigenvalue weighted by Crippen LogP contribution is -2.36. The third-order valence-corrected chi connectivity index (χ3v) is 4.49. The molecule has 0 saturated carbocycles. The summed E-state index contributed by atoms with van der Waals surface area (Å²) in [5.74, 6) is -0.720. The first kappa shape index (κ1) is 13.5. The molecule has 0 bridgehead atoms. The number of nitrogens with zero attached hydrogens (tertiary/aromatic N) is 3. The number of aromatic nitrogens is 2. The minimum absolute atomic E-state index is 0.350. The molecule has 1 aliphatic heterocycles. The van der Waals surface area contributed by atoms with Gasteiger partial charge in [-0.15, -0.1) is 0 Å². The molecule has 0 amide bonds. The average Bonchev–Trinajstić information content (AvgIpc) is 2.89. The molecule has 1 aliphatic rings. The van der Waals surface area contributed by atoms with Gasteiger partial charge in [0.25, 0.3) is 0 Å². The number of rotatable bonds is 4. The average molecular weight is 316 g/mol. The Balaban J connectivity index is 2.21. The maximum atomic E-state index is 11.2. The van der Waals surface area contributed by atoms with E-state index in [1.54, 1.807) is 0 Å². The normalized spacial score (nSPS) is 20.5. The Morgan fingerprint density at radius 2 is 2.33 bits per heavy atom. The summed E-state index contributed by atoms with van der Waals surface area (Å²) in [7, 11) is 0. The highest BCUT2D eigenvalue weighted by molar-refractivity contribution is 9.10. The van der Waals surface area contributed by atoms with Crippen molar-refractivity contribution < 1.29 is 9.90 Å². The topological polar surface area (TPSA) is 58.4 Å². The van der Waals surface area contributed by atoms with Crippen LogP contribution in [0.5, 0.6) is 0 Å². The van der Waals surface area contributed by atoms with E-state index >= 15 is 0 Å². The highest BCUT2D eigenvalue weighted by atomic mass is 79.9. The number of likely N-dealkylation sites (tertiary alicyclic amines) is 1. The van der Waals surface area contributed by atoms with Crippen molar-refractivity contribution in [2.24, 2.45) is 0 Å². The summed E-state index contributed by atoms with van der Waals surface area (Å²) in [6.45, 7) is 6.29. The van der Waals surface area contributed by atoms with Crippen LogP contribution in [-0.4, -0.2) is 38.3 Å². The molecule has 0 radical (unpaired) electrons. The van der Waals surface area contributed by atoms with Crippen LogP contribution in [-0.2, 0) is 17.9 Å². The van der Waals surface area contributed by atoms with E-state index in [4.69, 9.17) is 0 Å². The number of aryl methyl sites for hydroxylation is 2. The number of halogens is 1. The number of hydrogen-bond donors (Lipinski definition) is 1. The predicted molar refractivity (Wildman–Crippen MR) is 71.4 cm³/mol. The van der Waals surface area contributed by atoms with Crippen LogP contribution >= 0.6 is 15.9 Å². The van der Waals surface area contributed by atoms with Gasteiger partial charge in [-0.05, 0) is 49.2 Å². The molecule has 1 atom stereocenters. The molecule has 5 nitrogen and oxygen atoms in total. The molecular formula is C12H18BrN3O2. The minimum Gasteiger partial charge on any atom is -0.480 e. The summed E-state index contributed by atoms with van der Waals surface area (Å²) in [6.07, 6.45) is 1.69. The number of hydrogen-bond acceptors (Lipinski definition) is 3. The first-order chi connectivity index (χ1) is 8.54. The molecule has 1 fully saturated rings. The summed E-state index contributed by atoms with van der Waals surface area (Å²) in [5, 5.41) is 13.6. The van der Waals surface area contributed by atoms with Crippen molar-refractivity contribution in [2.75, 3.05) is 6.54 Å². The standard InChI is InChI=1S/C12H18BrN3O2/c1-3-16-10(11(13)8(2)14-16)7-15-6-4-5-9(15)12(17)18/h9H,3-7H2,1-2H3,(H,17,18). The molecule has 2 heterocycles. The number of aliphatic carboxylic acids is 1. The number of carboxylic acid groups (broad SMARTS) is 1. The van der Waals surface area contributed by atoms with E-state index in [1.807, 2.05) is 23.4 Å². The van der Waals surface area contributed by atoms with Gasteiger partial charge in [0.05, 0.1) is 15.9 Å². The first-order valence-corrected chi connectivity index (χ1v) is 7.02. The molecule has 0 aliphatic carbocycles. The number of carbonyl (C=O) groups is 1. The molecule has 1 N–H and O–H groups in total. The molecule has 1 aromatic rings. The maximum absolute atomic E-state index is 11.2. The fraction of sp³-hybridized carbons (Fsp3) is 0.667. The van der Waals surface area contributed by atoms with E-state index in [2.05, 4.69) is 21.0 Å². The van der Waals surface area contributed by atoms with Crippen LogP contribution in [0.1, 0.15) is 31.2 Å². The van der Waals surface area contributed by atoms with Crippen molar-refractivity contribution in [1.82, 2.24) is 14.7 Å². The van der Waals surface area contributed by atoms with Crippen molar-refractivity contribution in [3.05, 3.63) is 15.9 Å². The van der Waals surface area contributed by atoms with E-state index in [0.29, 0.717) is 6.54 Å². The summed E-state index contributed by atoms with van der Waals surface area (Å²) in [5.41, 5.74) is 2.03. The van der Waals surface area contributed by atoms with Gasteiger partial charge in [0.15, 0.2) is 0 Å². The van der Waals surface area contributed by atoms with Gasteiger partial charge in [-0.2, -0.15) is 5.10 Å².